The van der Waals surface area contributed by atoms with Crippen molar-refractivity contribution in [2.24, 2.45) is 11.8 Å². The molecule has 1 aromatic rings. The van der Waals surface area contributed by atoms with Crippen LogP contribution in [-0.4, -0.2) is 24.1 Å². The number of nitrogens with one attached hydrogen (secondary N) is 1. The minimum atomic E-state index is 0.614. The van der Waals surface area contributed by atoms with E-state index in [-0.39, 0.29) is 0 Å². The van der Waals surface area contributed by atoms with Crippen molar-refractivity contribution < 1.29 is 0 Å². The van der Waals surface area contributed by atoms with E-state index in [1.54, 1.807) is 0 Å². The van der Waals surface area contributed by atoms with Gasteiger partial charge in [0.2, 0.25) is 0 Å². The minimum absolute atomic E-state index is 0.614. The highest BCUT2D eigenvalue weighted by molar-refractivity contribution is 5.41. The van der Waals surface area contributed by atoms with Gasteiger partial charge in [0.15, 0.2) is 0 Å². The lowest BCUT2D eigenvalue weighted by molar-refractivity contribution is 0.388. The molecule has 1 aromatic heterocycles. The fraction of sp³-hybridized carbons (Fsp3) is 0.706. The molecule has 0 spiro atoms. The third-order valence-corrected chi connectivity index (χ3v) is 4.10. The highest BCUT2D eigenvalue weighted by Crippen LogP contribution is 2.25. The summed E-state index contributed by atoms with van der Waals surface area (Å²) >= 11 is 0. The third-order valence-electron chi connectivity index (χ3n) is 4.10. The lowest BCUT2D eigenvalue weighted by Gasteiger charge is -2.37. The van der Waals surface area contributed by atoms with Crippen LogP contribution in [-0.2, 0) is 6.54 Å². The van der Waals surface area contributed by atoms with Crippen LogP contribution in [0.4, 0.5) is 5.82 Å². The molecule has 0 saturated carbocycles. The summed E-state index contributed by atoms with van der Waals surface area (Å²) in [5.41, 5.74) is 1.27. The summed E-state index contributed by atoms with van der Waals surface area (Å²) < 4.78 is 0. The molecule has 112 valence electrons. The van der Waals surface area contributed by atoms with Gasteiger partial charge in [-0.2, -0.15) is 0 Å². The molecule has 0 radical (unpaired) electrons. The fourth-order valence-corrected chi connectivity index (χ4v) is 2.80. The number of anilines is 1. The maximum Gasteiger partial charge on any atom is 0.128 e. The molecule has 1 aliphatic heterocycles. The van der Waals surface area contributed by atoms with Crippen molar-refractivity contribution in [1.29, 1.82) is 0 Å². The Kier molecular flexibility index (Phi) is 5.41. The standard InChI is InChI=1S/C17H29N3/c1-13(2)9-18-10-16-7-8-17(19-11-16)20-12-14(3)5-6-15(20)4/h7-8,11,13-15,18H,5-6,9-10,12H2,1-4H3. The lowest BCUT2D eigenvalue weighted by Crippen LogP contribution is -2.41. The number of nitrogens with zero attached hydrogens (tertiary/aromatic N) is 2. The van der Waals surface area contributed by atoms with Crippen LogP contribution in [0.15, 0.2) is 18.3 Å². The lowest BCUT2D eigenvalue weighted by atomic mass is 9.95. The molecule has 1 saturated heterocycles. The number of hydrogen-bond acceptors (Lipinski definition) is 3. The zero-order valence-corrected chi connectivity index (χ0v) is 13.4. The molecule has 0 amide bonds. The van der Waals surface area contributed by atoms with E-state index in [9.17, 15) is 0 Å². The molecule has 1 N–H and O–H groups in total. The van der Waals surface area contributed by atoms with Crippen LogP contribution in [0.3, 0.4) is 0 Å². The Labute approximate surface area is 123 Å². The Balaban J connectivity index is 1.93. The van der Waals surface area contributed by atoms with E-state index in [2.05, 4.69) is 55.0 Å². The smallest absolute Gasteiger partial charge is 0.128 e. The summed E-state index contributed by atoms with van der Waals surface area (Å²) in [5, 5.41) is 3.46. The zero-order chi connectivity index (χ0) is 14.5. The van der Waals surface area contributed by atoms with E-state index in [4.69, 9.17) is 0 Å². The van der Waals surface area contributed by atoms with Crippen LogP contribution in [0.5, 0.6) is 0 Å². The fourth-order valence-electron chi connectivity index (χ4n) is 2.80. The Hall–Kier alpha value is -1.09. The zero-order valence-electron chi connectivity index (χ0n) is 13.4. The molecule has 2 heterocycles. The molecule has 0 bridgehead atoms. The normalized spacial score (nSPS) is 23.4. The minimum Gasteiger partial charge on any atom is -0.354 e. The Morgan fingerprint density at radius 2 is 2.10 bits per heavy atom. The van der Waals surface area contributed by atoms with Crippen LogP contribution in [0.1, 0.15) is 46.1 Å². The summed E-state index contributed by atoms with van der Waals surface area (Å²) in [6.45, 7) is 12.2. The molecule has 2 rings (SSSR count). The monoisotopic (exact) mass is 275 g/mol. The van der Waals surface area contributed by atoms with Crippen molar-refractivity contribution in [3.63, 3.8) is 0 Å². The van der Waals surface area contributed by atoms with Gasteiger partial charge in [0.1, 0.15) is 5.82 Å². The van der Waals surface area contributed by atoms with Gasteiger partial charge in [0.25, 0.3) is 0 Å². The van der Waals surface area contributed by atoms with Crippen molar-refractivity contribution in [2.75, 3.05) is 18.0 Å². The molecule has 1 fully saturated rings. The Morgan fingerprint density at radius 1 is 1.30 bits per heavy atom. The van der Waals surface area contributed by atoms with E-state index < -0.39 is 0 Å². The summed E-state index contributed by atoms with van der Waals surface area (Å²) in [7, 11) is 0. The van der Waals surface area contributed by atoms with Crippen LogP contribution >= 0.6 is 0 Å². The molecule has 2 atom stereocenters. The Morgan fingerprint density at radius 3 is 2.75 bits per heavy atom. The topological polar surface area (TPSA) is 28.2 Å². The van der Waals surface area contributed by atoms with Crippen LogP contribution in [0.25, 0.3) is 0 Å². The average Bonchev–Trinajstić information content (AvgIpc) is 2.42. The van der Waals surface area contributed by atoms with Gasteiger partial charge in [-0.3, -0.25) is 0 Å². The van der Waals surface area contributed by atoms with E-state index >= 15 is 0 Å². The second kappa shape index (κ2) is 7.07. The number of rotatable bonds is 5. The van der Waals surface area contributed by atoms with Crippen LogP contribution < -0.4 is 10.2 Å². The van der Waals surface area contributed by atoms with Gasteiger partial charge in [-0.1, -0.05) is 26.8 Å². The molecule has 20 heavy (non-hydrogen) atoms. The van der Waals surface area contributed by atoms with Gasteiger partial charge in [0.05, 0.1) is 0 Å². The Bertz CT molecular complexity index is 399. The second-order valence-electron chi connectivity index (χ2n) is 6.73. The van der Waals surface area contributed by atoms with Gasteiger partial charge in [-0.05, 0) is 49.8 Å². The molecule has 0 aliphatic carbocycles. The first-order chi connectivity index (χ1) is 9.56. The van der Waals surface area contributed by atoms with Gasteiger partial charge in [-0.25, -0.2) is 4.98 Å². The maximum absolute atomic E-state index is 4.67. The molecule has 0 aromatic carbocycles. The summed E-state index contributed by atoms with van der Waals surface area (Å²) in [6, 6.07) is 5.01. The molecule has 3 heteroatoms. The number of piperidine rings is 1. The molecular formula is C17H29N3. The van der Waals surface area contributed by atoms with Crippen molar-refractivity contribution in [2.45, 2.75) is 53.1 Å². The third kappa shape index (κ3) is 4.20. The highest BCUT2D eigenvalue weighted by Gasteiger charge is 2.23. The number of aromatic nitrogens is 1. The molecular weight excluding hydrogens is 246 g/mol. The number of pyridine rings is 1. The predicted molar refractivity (Wildman–Crippen MR) is 86.0 cm³/mol. The number of hydrogen-bond donors (Lipinski definition) is 1. The van der Waals surface area contributed by atoms with E-state index in [1.165, 1.54) is 18.4 Å². The predicted octanol–water partition coefficient (Wildman–Crippen LogP) is 3.45. The largest absolute Gasteiger partial charge is 0.354 e. The molecule has 3 nitrogen and oxygen atoms in total. The van der Waals surface area contributed by atoms with E-state index in [0.29, 0.717) is 12.0 Å². The van der Waals surface area contributed by atoms with E-state index in [0.717, 1.165) is 31.4 Å². The first kappa shape index (κ1) is 15.3. The van der Waals surface area contributed by atoms with Crippen molar-refractivity contribution in [3.05, 3.63) is 23.9 Å². The first-order valence-corrected chi connectivity index (χ1v) is 7.98. The van der Waals surface area contributed by atoms with Crippen molar-refractivity contribution in [3.8, 4) is 0 Å². The summed E-state index contributed by atoms with van der Waals surface area (Å²) in [6.07, 6.45) is 4.64. The van der Waals surface area contributed by atoms with Crippen molar-refractivity contribution >= 4 is 5.82 Å². The summed E-state index contributed by atoms with van der Waals surface area (Å²) in [5.74, 6) is 2.61. The van der Waals surface area contributed by atoms with Crippen LogP contribution in [0.2, 0.25) is 0 Å². The second-order valence-corrected chi connectivity index (χ2v) is 6.73. The van der Waals surface area contributed by atoms with Crippen LogP contribution in [0, 0.1) is 11.8 Å². The summed E-state index contributed by atoms with van der Waals surface area (Å²) in [4.78, 5) is 7.13. The average molecular weight is 275 g/mol. The van der Waals surface area contributed by atoms with Gasteiger partial charge in [-0.15, -0.1) is 0 Å². The maximum atomic E-state index is 4.67. The van der Waals surface area contributed by atoms with E-state index in [1.807, 2.05) is 6.20 Å². The molecule has 1 aliphatic rings. The van der Waals surface area contributed by atoms with Gasteiger partial charge < -0.3 is 10.2 Å². The SMILES string of the molecule is CC(C)CNCc1ccc(N2CC(C)CCC2C)nc1. The quantitative estimate of drug-likeness (QED) is 0.892. The first-order valence-electron chi connectivity index (χ1n) is 7.98. The highest BCUT2D eigenvalue weighted by atomic mass is 15.2. The molecule has 2 unspecified atom stereocenters. The van der Waals surface area contributed by atoms with Crippen molar-refractivity contribution in [1.82, 2.24) is 10.3 Å². The van der Waals surface area contributed by atoms with Gasteiger partial charge >= 0.3 is 0 Å². The van der Waals surface area contributed by atoms with Gasteiger partial charge in [0, 0.05) is 25.3 Å².